The Morgan fingerprint density at radius 2 is 2.27 bits per heavy atom. The highest BCUT2D eigenvalue weighted by Crippen LogP contribution is 2.10. The van der Waals surface area contributed by atoms with Crippen molar-refractivity contribution in [1.29, 1.82) is 0 Å². The van der Waals surface area contributed by atoms with Crippen LogP contribution in [0, 0.1) is 0 Å². The molecule has 1 unspecified atom stereocenters. The van der Waals surface area contributed by atoms with E-state index in [0.717, 1.165) is 0 Å². The third-order valence-electron chi connectivity index (χ3n) is 1.48. The van der Waals surface area contributed by atoms with Crippen molar-refractivity contribution in [3.05, 3.63) is 12.2 Å². The second-order valence-electron chi connectivity index (χ2n) is 4.15. The van der Waals surface area contributed by atoms with Gasteiger partial charge in [-0.3, -0.25) is 0 Å². The number of ether oxygens (including phenoxy) is 1. The molecule has 1 heterocycles. The zero-order valence-electron chi connectivity index (χ0n) is 9.27. The summed E-state index contributed by atoms with van der Waals surface area (Å²) in [6.45, 7) is 7.12. The van der Waals surface area contributed by atoms with Crippen LogP contribution in [0.4, 0.5) is 4.79 Å². The largest absolute Gasteiger partial charge is 0.444 e. The summed E-state index contributed by atoms with van der Waals surface area (Å²) in [6, 6.07) is -0.359. The first-order chi connectivity index (χ1) is 6.88. The van der Waals surface area contributed by atoms with E-state index in [1.54, 1.807) is 27.7 Å². The molecule has 15 heavy (non-hydrogen) atoms. The summed E-state index contributed by atoms with van der Waals surface area (Å²) in [6.07, 6.45) is 0.774. The molecule has 0 saturated heterocycles. The number of carbonyl (C=O) groups excluding carboxylic acids is 1. The summed E-state index contributed by atoms with van der Waals surface area (Å²) in [7, 11) is 0. The molecule has 0 saturated carbocycles. The number of alkyl carbamates (subject to hydrolysis) is 1. The summed E-state index contributed by atoms with van der Waals surface area (Å²) < 4.78 is 9.86. The standard InChI is InChI=1S/C9H15N3O3/c1-6(7-10-5-11-15-7)12-8(13)14-9(2,3)4/h5-6H,1-4H3,(H,12,13). The van der Waals surface area contributed by atoms with Gasteiger partial charge in [0.05, 0.1) is 0 Å². The fourth-order valence-electron chi connectivity index (χ4n) is 0.919. The quantitative estimate of drug-likeness (QED) is 0.808. The Kier molecular flexibility index (Phi) is 3.28. The van der Waals surface area contributed by atoms with Gasteiger partial charge in [0, 0.05) is 0 Å². The Morgan fingerprint density at radius 1 is 1.60 bits per heavy atom. The van der Waals surface area contributed by atoms with Gasteiger partial charge in [0.1, 0.15) is 11.6 Å². The van der Waals surface area contributed by atoms with E-state index in [9.17, 15) is 4.79 Å². The molecular formula is C9H15N3O3. The Labute approximate surface area is 88.0 Å². The normalized spacial score (nSPS) is 13.3. The van der Waals surface area contributed by atoms with E-state index in [-0.39, 0.29) is 6.04 Å². The zero-order chi connectivity index (χ0) is 11.5. The molecule has 6 nitrogen and oxygen atoms in total. The smallest absolute Gasteiger partial charge is 0.408 e. The fraction of sp³-hybridized carbons (Fsp3) is 0.667. The van der Waals surface area contributed by atoms with Gasteiger partial charge in [-0.25, -0.2) is 4.79 Å². The highest BCUT2D eigenvalue weighted by Gasteiger charge is 2.20. The lowest BCUT2D eigenvalue weighted by Crippen LogP contribution is -2.34. The van der Waals surface area contributed by atoms with Gasteiger partial charge in [0.15, 0.2) is 6.33 Å². The molecule has 0 radical (unpaired) electrons. The monoisotopic (exact) mass is 213 g/mol. The highest BCUT2D eigenvalue weighted by atomic mass is 16.6. The molecule has 1 atom stereocenters. The molecule has 1 amide bonds. The number of rotatable bonds is 2. The molecule has 1 rings (SSSR count). The minimum Gasteiger partial charge on any atom is -0.444 e. The lowest BCUT2D eigenvalue weighted by Gasteiger charge is -2.20. The summed E-state index contributed by atoms with van der Waals surface area (Å²) >= 11 is 0. The van der Waals surface area contributed by atoms with Crippen LogP contribution in [0.25, 0.3) is 0 Å². The van der Waals surface area contributed by atoms with Crippen molar-refractivity contribution in [1.82, 2.24) is 15.5 Å². The van der Waals surface area contributed by atoms with Gasteiger partial charge >= 0.3 is 6.09 Å². The van der Waals surface area contributed by atoms with Gasteiger partial charge in [-0.1, -0.05) is 5.16 Å². The minimum atomic E-state index is -0.515. The van der Waals surface area contributed by atoms with Gasteiger partial charge in [-0.2, -0.15) is 4.98 Å². The topological polar surface area (TPSA) is 77.2 Å². The Balaban J connectivity index is 2.45. The van der Waals surface area contributed by atoms with E-state index < -0.39 is 11.7 Å². The van der Waals surface area contributed by atoms with Crippen molar-refractivity contribution in [2.75, 3.05) is 0 Å². The van der Waals surface area contributed by atoms with Crippen molar-refractivity contribution in [3.63, 3.8) is 0 Å². The van der Waals surface area contributed by atoms with Crippen molar-refractivity contribution >= 4 is 6.09 Å². The maximum atomic E-state index is 11.3. The van der Waals surface area contributed by atoms with Crippen LogP contribution in [0.3, 0.4) is 0 Å². The first-order valence-electron chi connectivity index (χ1n) is 4.64. The molecule has 6 heteroatoms. The van der Waals surface area contributed by atoms with Crippen LogP contribution < -0.4 is 5.32 Å². The van der Waals surface area contributed by atoms with Crippen LogP contribution in [0.5, 0.6) is 0 Å². The van der Waals surface area contributed by atoms with Crippen LogP contribution in [-0.4, -0.2) is 21.8 Å². The van der Waals surface area contributed by atoms with E-state index in [2.05, 4.69) is 15.5 Å². The number of nitrogens with one attached hydrogen (secondary N) is 1. The van der Waals surface area contributed by atoms with E-state index in [0.29, 0.717) is 5.89 Å². The third kappa shape index (κ3) is 3.97. The summed E-state index contributed by atoms with van der Waals surface area (Å²) in [4.78, 5) is 15.2. The molecule has 0 aromatic carbocycles. The molecule has 1 N–H and O–H groups in total. The first kappa shape index (κ1) is 11.5. The Morgan fingerprint density at radius 3 is 2.73 bits per heavy atom. The number of hydrogen-bond donors (Lipinski definition) is 1. The molecule has 1 aromatic rings. The van der Waals surface area contributed by atoms with E-state index in [1.807, 2.05) is 0 Å². The number of hydrogen-bond acceptors (Lipinski definition) is 5. The second-order valence-corrected chi connectivity index (χ2v) is 4.15. The minimum absolute atomic E-state index is 0.348. The molecule has 0 aliphatic heterocycles. The average molecular weight is 213 g/mol. The first-order valence-corrected chi connectivity index (χ1v) is 4.64. The SMILES string of the molecule is CC(NC(=O)OC(C)(C)C)c1ncno1. The summed E-state index contributed by atoms with van der Waals surface area (Å²) in [5.41, 5.74) is -0.515. The molecular weight excluding hydrogens is 198 g/mol. The molecule has 0 spiro atoms. The van der Waals surface area contributed by atoms with Gasteiger partial charge in [0.25, 0.3) is 0 Å². The van der Waals surface area contributed by atoms with Gasteiger partial charge in [-0.05, 0) is 27.7 Å². The molecule has 84 valence electrons. The zero-order valence-corrected chi connectivity index (χ0v) is 9.27. The molecule has 0 bridgehead atoms. The van der Waals surface area contributed by atoms with Crippen LogP contribution in [0.15, 0.2) is 10.9 Å². The lowest BCUT2D eigenvalue weighted by molar-refractivity contribution is 0.0499. The highest BCUT2D eigenvalue weighted by molar-refractivity contribution is 5.68. The Bertz CT molecular complexity index is 316. The van der Waals surface area contributed by atoms with Gasteiger partial charge < -0.3 is 14.6 Å². The molecule has 0 fully saturated rings. The predicted molar refractivity (Wildman–Crippen MR) is 52.1 cm³/mol. The predicted octanol–water partition coefficient (Wildman–Crippen LogP) is 1.66. The van der Waals surface area contributed by atoms with Crippen LogP contribution in [0.1, 0.15) is 39.6 Å². The van der Waals surface area contributed by atoms with E-state index in [1.165, 1.54) is 6.33 Å². The van der Waals surface area contributed by atoms with Crippen molar-refractivity contribution in [3.8, 4) is 0 Å². The maximum absolute atomic E-state index is 11.3. The van der Waals surface area contributed by atoms with Crippen molar-refractivity contribution in [2.45, 2.75) is 39.3 Å². The van der Waals surface area contributed by atoms with Crippen LogP contribution >= 0.6 is 0 Å². The summed E-state index contributed by atoms with van der Waals surface area (Å²) in [5.74, 6) is 0.348. The fourth-order valence-corrected chi connectivity index (χ4v) is 0.919. The average Bonchev–Trinajstić information content (AvgIpc) is 2.50. The van der Waals surface area contributed by atoms with Crippen molar-refractivity contribution in [2.24, 2.45) is 0 Å². The third-order valence-corrected chi connectivity index (χ3v) is 1.48. The van der Waals surface area contributed by atoms with Crippen LogP contribution in [0.2, 0.25) is 0 Å². The number of amides is 1. The Hall–Kier alpha value is -1.59. The maximum Gasteiger partial charge on any atom is 0.408 e. The molecule has 1 aromatic heterocycles. The summed E-state index contributed by atoms with van der Waals surface area (Å²) in [5, 5.41) is 6.03. The van der Waals surface area contributed by atoms with Crippen LogP contribution in [-0.2, 0) is 4.74 Å². The van der Waals surface area contributed by atoms with Gasteiger partial charge in [-0.15, -0.1) is 0 Å². The number of carbonyl (C=O) groups is 1. The van der Waals surface area contributed by atoms with Gasteiger partial charge in [0.2, 0.25) is 5.89 Å². The van der Waals surface area contributed by atoms with E-state index in [4.69, 9.17) is 9.26 Å². The van der Waals surface area contributed by atoms with Crippen molar-refractivity contribution < 1.29 is 14.1 Å². The molecule has 0 aliphatic rings. The number of nitrogens with zero attached hydrogens (tertiary/aromatic N) is 2. The number of aromatic nitrogens is 2. The van der Waals surface area contributed by atoms with E-state index >= 15 is 0 Å². The second kappa shape index (κ2) is 4.29. The lowest BCUT2D eigenvalue weighted by atomic mass is 10.2. The molecule has 0 aliphatic carbocycles.